The zero-order chi connectivity index (χ0) is 17.5. The van der Waals surface area contributed by atoms with Crippen molar-refractivity contribution in [1.82, 2.24) is 15.3 Å². The Morgan fingerprint density at radius 1 is 1.08 bits per heavy atom. The highest BCUT2D eigenvalue weighted by Crippen LogP contribution is 2.22. The molecule has 0 amide bonds. The molecule has 2 aromatic heterocycles. The van der Waals surface area contributed by atoms with Crippen LogP contribution in [0.5, 0.6) is 17.4 Å². The summed E-state index contributed by atoms with van der Waals surface area (Å²) in [4.78, 5) is 8.82. The molecule has 3 rings (SSSR count). The molecule has 0 bridgehead atoms. The van der Waals surface area contributed by atoms with E-state index in [1.807, 2.05) is 36.4 Å². The van der Waals surface area contributed by atoms with E-state index in [2.05, 4.69) is 27.6 Å². The molecule has 0 saturated heterocycles. The molecule has 0 spiro atoms. The molecular formula is C19H21N3O2S. The van der Waals surface area contributed by atoms with Crippen LogP contribution in [-0.2, 0) is 19.5 Å². The molecule has 0 unspecified atom stereocenters. The largest absolute Gasteiger partial charge is 0.497 e. The number of hydrogen-bond donors (Lipinski definition) is 1. The Kier molecular flexibility index (Phi) is 5.98. The third-order valence-corrected chi connectivity index (χ3v) is 4.66. The molecule has 25 heavy (non-hydrogen) atoms. The lowest BCUT2D eigenvalue weighted by Crippen LogP contribution is -2.13. The van der Waals surface area contributed by atoms with Crippen LogP contribution in [0.25, 0.3) is 0 Å². The number of ether oxygens (including phenoxy) is 2. The first kappa shape index (κ1) is 17.4. The van der Waals surface area contributed by atoms with Crippen LogP contribution in [0.15, 0.2) is 48.0 Å². The molecule has 0 aliphatic carbocycles. The summed E-state index contributed by atoms with van der Waals surface area (Å²) in [7, 11) is 1.64. The molecule has 3 aromatic rings. The predicted octanol–water partition coefficient (Wildman–Crippen LogP) is 4.19. The van der Waals surface area contributed by atoms with Crippen molar-refractivity contribution in [1.29, 1.82) is 0 Å². The number of nitrogens with zero attached hydrogens (tertiary/aromatic N) is 2. The zero-order valence-corrected chi connectivity index (χ0v) is 15.2. The highest BCUT2D eigenvalue weighted by atomic mass is 32.1. The van der Waals surface area contributed by atoms with Crippen LogP contribution in [0, 0.1) is 0 Å². The van der Waals surface area contributed by atoms with Crippen LogP contribution in [0.3, 0.4) is 0 Å². The van der Waals surface area contributed by atoms with E-state index in [1.54, 1.807) is 24.6 Å². The number of nitrogens with one attached hydrogen (secondary N) is 1. The van der Waals surface area contributed by atoms with Gasteiger partial charge in [0.15, 0.2) is 0 Å². The molecule has 1 N–H and O–H groups in total. The van der Waals surface area contributed by atoms with Crippen molar-refractivity contribution in [2.75, 3.05) is 7.11 Å². The monoisotopic (exact) mass is 355 g/mol. The highest BCUT2D eigenvalue weighted by molar-refractivity contribution is 7.09. The van der Waals surface area contributed by atoms with Gasteiger partial charge in [-0.2, -0.15) is 0 Å². The zero-order valence-electron chi connectivity index (χ0n) is 14.4. The maximum Gasteiger partial charge on any atom is 0.219 e. The lowest BCUT2D eigenvalue weighted by molar-refractivity contribution is 0.412. The third kappa shape index (κ3) is 5.01. The van der Waals surface area contributed by atoms with Gasteiger partial charge < -0.3 is 14.8 Å². The minimum atomic E-state index is 0.575. The second-order valence-corrected chi connectivity index (χ2v) is 6.41. The van der Waals surface area contributed by atoms with E-state index < -0.39 is 0 Å². The normalized spacial score (nSPS) is 10.6. The fourth-order valence-electron chi connectivity index (χ4n) is 2.31. The van der Waals surface area contributed by atoms with Crippen LogP contribution in [0.4, 0.5) is 0 Å². The average molecular weight is 355 g/mol. The molecule has 0 aliphatic heterocycles. The van der Waals surface area contributed by atoms with Gasteiger partial charge in [0.05, 0.1) is 17.8 Å². The number of rotatable bonds is 8. The van der Waals surface area contributed by atoms with Crippen molar-refractivity contribution in [3.05, 3.63) is 64.2 Å². The number of thiazole rings is 1. The highest BCUT2D eigenvalue weighted by Gasteiger charge is 2.03. The van der Waals surface area contributed by atoms with E-state index in [9.17, 15) is 0 Å². The lowest BCUT2D eigenvalue weighted by Gasteiger charge is -2.08. The number of pyridine rings is 1. The van der Waals surface area contributed by atoms with Gasteiger partial charge in [0, 0.05) is 30.7 Å². The Labute approximate surface area is 151 Å². The Balaban J connectivity index is 1.55. The van der Waals surface area contributed by atoms with Crippen LogP contribution >= 0.6 is 11.3 Å². The fourth-order valence-corrected chi connectivity index (χ4v) is 3.05. The molecule has 1 aromatic carbocycles. The van der Waals surface area contributed by atoms with Crippen LogP contribution in [0.1, 0.15) is 23.2 Å². The van der Waals surface area contributed by atoms with Gasteiger partial charge in [-0.25, -0.2) is 9.97 Å². The van der Waals surface area contributed by atoms with Gasteiger partial charge in [-0.3, -0.25) is 0 Å². The second-order valence-electron chi connectivity index (χ2n) is 5.47. The summed E-state index contributed by atoms with van der Waals surface area (Å²) >= 11 is 1.71. The first-order valence-electron chi connectivity index (χ1n) is 8.17. The minimum Gasteiger partial charge on any atom is -0.497 e. The Morgan fingerprint density at radius 2 is 1.88 bits per heavy atom. The van der Waals surface area contributed by atoms with E-state index in [0.717, 1.165) is 42.3 Å². The summed E-state index contributed by atoms with van der Waals surface area (Å²) in [6.45, 7) is 3.62. The SMILES string of the molecule is CCc1nc(CNCc2ccnc(Oc3ccc(OC)cc3)c2)cs1. The quantitative estimate of drug-likeness (QED) is 0.656. The van der Waals surface area contributed by atoms with Gasteiger partial charge in [0.25, 0.3) is 0 Å². The van der Waals surface area contributed by atoms with Gasteiger partial charge in [-0.15, -0.1) is 11.3 Å². The molecule has 0 saturated carbocycles. The molecule has 0 radical (unpaired) electrons. The molecule has 0 fully saturated rings. The predicted molar refractivity (Wildman–Crippen MR) is 99.3 cm³/mol. The van der Waals surface area contributed by atoms with E-state index in [1.165, 1.54) is 5.01 Å². The molecule has 6 heteroatoms. The Bertz CT molecular complexity index is 802. The summed E-state index contributed by atoms with van der Waals surface area (Å²) < 4.78 is 10.9. The van der Waals surface area contributed by atoms with Gasteiger partial charge in [-0.1, -0.05) is 6.92 Å². The number of hydrogen-bond acceptors (Lipinski definition) is 6. The summed E-state index contributed by atoms with van der Waals surface area (Å²) in [5, 5.41) is 6.69. The van der Waals surface area contributed by atoms with Crippen LogP contribution in [-0.4, -0.2) is 17.1 Å². The Hall–Kier alpha value is -2.44. The van der Waals surface area contributed by atoms with Crippen molar-refractivity contribution in [3.63, 3.8) is 0 Å². The van der Waals surface area contributed by atoms with E-state index in [4.69, 9.17) is 9.47 Å². The summed E-state index contributed by atoms with van der Waals surface area (Å²) in [6, 6.07) is 11.4. The van der Waals surface area contributed by atoms with E-state index in [0.29, 0.717) is 5.88 Å². The van der Waals surface area contributed by atoms with Crippen molar-refractivity contribution in [3.8, 4) is 17.4 Å². The topological polar surface area (TPSA) is 56.3 Å². The van der Waals surface area contributed by atoms with Gasteiger partial charge in [0.2, 0.25) is 5.88 Å². The summed E-state index contributed by atoms with van der Waals surface area (Å²) in [5.41, 5.74) is 2.20. The maximum atomic E-state index is 5.80. The summed E-state index contributed by atoms with van der Waals surface area (Å²) in [6.07, 6.45) is 2.75. The second kappa shape index (κ2) is 8.60. The third-order valence-electron chi connectivity index (χ3n) is 3.62. The number of benzene rings is 1. The fraction of sp³-hybridized carbons (Fsp3) is 0.263. The van der Waals surface area contributed by atoms with Crippen molar-refractivity contribution in [2.45, 2.75) is 26.4 Å². The van der Waals surface area contributed by atoms with Gasteiger partial charge in [0.1, 0.15) is 11.5 Å². The summed E-state index contributed by atoms with van der Waals surface area (Å²) in [5.74, 6) is 2.10. The van der Waals surface area contributed by atoms with Gasteiger partial charge in [-0.05, 0) is 42.3 Å². The van der Waals surface area contributed by atoms with Crippen molar-refractivity contribution >= 4 is 11.3 Å². The Morgan fingerprint density at radius 3 is 2.60 bits per heavy atom. The van der Waals surface area contributed by atoms with Crippen molar-refractivity contribution in [2.24, 2.45) is 0 Å². The molecule has 0 atom stereocenters. The van der Waals surface area contributed by atoms with E-state index in [-0.39, 0.29) is 0 Å². The first-order valence-corrected chi connectivity index (χ1v) is 9.05. The van der Waals surface area contributed by atoms with Crippen molar-refractivity contribution < 1.29 is 9.47 Å². The molecule has 2 heterocycles. The van der Waals surface area contributed by atoms with Crippen LogP contribution < -0.4 is 14.8 Å². The average Bonchev–Trinajstić information content (AvgIpc) is 3.11. The smallest absolute Gasteiger partial charge is 0.219 e. The molecule has 0 aliphatic rings. The van der Waals surface area contributed by atoms with Crippen LogP contribution in [0.2, 0.25) is 0 Å². The maximum absolute atomic E-state index is 5.80. The molecular weight excluding hydrogens is 334 g/mol. The lowest BCUT2D eigenvalue weighted by atomic mass is 10.2. The number of methoxy groups -OCH3 is 1. The number of aryl methyl sites for hydroxylation is 1. The van der Waals surface area contributed by atoms with Gasteiger partial charge >= 0.3 is 0 Å². The molecule has 5 nitrogen and oxygen atoms in total. The standard InChI is InChI=1S/C19H21N3O2S/c1-3-19-22-15(13-25-19)12-20-11-14-8-9-21-18(10-14)24-17-6-4-16(23-2)5-7-17/h4-10,13,20H,3,11-12H2,1-2H3. The van der Waals surface area contributed by atoms with E-state index >= 15 is 0 Å². The minimum absolute atomic E-state index is 0.575. The molecule has 130 valence electrons. The first-order chi connectivity index (χ1) is 12.3. The number of aromatic nitrogens is 2.